The standard InChI is InChI=1S/C12H17ClN2/c1-8(2)6-12(15-14)10-5-4-9(3)11(13)7-10/h4-7,12,15H,14H2,1-3H3. The van der Waals surface area contributed by atoms with Gasteiger partial charge in [0, 0.05) is 5.02 Å². The Bertz CT molecular complexity index is 368. The molecule has 0 amide bonds. The van der Waals surface area contributed by atoms with Crippen LogP contribution < -0.4 is 11.3 Å². The topological polar surface area (TPSA) is 38.0 Å². The highest BCUT2D eigenvalue weighted by Crippen LogP contribution is 2.22. The first-order chi connectivity index (χ1) is 7.04. The minimum absolute atomic E-state index is 0.0214. The minimum Gasteiger partial charge on any atom is -0.271 e. The lowest BCUT2D eigenvalue weighted by atomic mass is 10.0. The first-order valence-corrected chi connectivity index (χ1v) is 5.29. The number of nitrogens with one attached hydrogen (secondary N) is 1. The lowest BCUT2D eigenvalue weighted by molar-refractivity contribution is 0.652. The molecule has 2 nitrogen and oxygen atoms in total. The summed E-state index contributed by atoms with van der Waals surface area (Å²) in [5.74, 6) is 5.50. The van der Waals surface area contributed by atoms with Crippen LogP contribution in [0.1, 0.15) is 31.0 Å². The van der Waals surface area contributed by atoms with Crippen molar-refractivity contribution in [1.29, 1.82) is 0 Å². The van der Waals surface area contributed by atoms with E-state index in [0.717, 1.165) is 16.1 Å². The molecule has 0 saturated heterocycles. The van der Waals surface area contributed by atoms with Crippen molar-refractivity contribution in [3.63, 3.8) is 0 Å². The van der Waals surface area contributed by atoms with Crippen LogP contribution in [0.2, 0.25) is 5.02 Å². The summed E-state index contributed by atoms with van der Waals surface area (Å²) in [7, 11) is 0. The molecule has 0 radical (unpaired) electrons. The molecule has 0 fully saturated rings. The Morgan fingerprint density at radius 1 is 1.47 bits per heavy atom. The third kappa shape index (κ3) is 3.34. The van der Waals surface area contributed by atoms with E-state index in [-0.39, 0.29) is 6.04 Å². The highest BCUT2D eigenvalue weighted by atomic mass is 35.5. The van der Waals surface area contributed by atoms with E-state index in [2.05, 4.69) is 11.5 Å². The molecule has 0 aliphatic heterocycles. The average molecular weight is 225 g/mol. The number of benzene rings is 1. The summed E-state index contributed by atoms with van der Waals surface area (Å²) in [6, 6.07) is 6.00. The molecule has 0 aromatic heterocycles. The van der Waals surface area contributed by atoms with Crippen molar-refractivity contribution in [2.45, 2.75) is 26.8 Å². The lowest BCUT2D eigenvalue weighted by Gasteiger charge is -2.13. The monoisotopic (exact) mass is 224 g/mol. The van der Waals surface area contributed by atoms with Gasteiger partial charge in [-0.15, -0.1) is 0 Å². The van der Waals surface area contributed by atoms with Crippen molar-refractivity contribution in [3.8, 4) is 0 Å². The Hall–Kier alpha value is -0.830. The Kier molecular flexibility index (Phi) is 4.33. The van der Waals surface area contributed by atoms with E-state index in [1.54, 1.807) is 0 Å². The van der Waals surface area contributed by atoms with Crippen molar-refractivity contribution in [3.05, 3.63) is 46.0 Å². The van der Waals surface area contributed by atoms with Crippen molar-refractivity contribution in [2.75, 3.05) is 0 Å². The molecule has 1 atom stereocenters. The minimum atomic E-state index is 0.0214. The second-order valence-electron chi connectivity index (χ2n) is 3.90. The van der Waals surface area contributed by atoms with Crippen LogP contribution in [0.5, 0.6) is 0 Å². The molecule has 1 aromatic carbocycles. The highest BCUT2D eigenvalue weighted by molar-refractivity contribution is 6.31. The summed E-state index contributed by atoms with van der Waals surface area (Å²) in [5.41, 5.74) is 6.13. The molecule has 0 aliphatic rings. The van der Waals surface area contributed by atoms with E-state index >= 15 is 0 Å². The smallest absolute Gasteiger partial charge is 0.0643 e. The maximum atomic E-state index is 6.06. The van der Waals surface area contributed by atoms with E-state index in [0.29, 0.717) is 0 Å². The molecule has 3 N–H and O–H groups in total. The lowest BCUT2D eigenvalue weighted by Crippen LogP contribution is -2.26. The fourth-order valence-electron chi connectivity index (χ4n) is 1.38. The average Bonchev–Trinajstić information content (AvgIpc) is 2.18. The zero-order valence-electron chi connectivity index (χ0n) is 9.34. The van der Waals surface area contributed by atoms with Gasteiger partial charge in [0.15, 0.2) is 0 Å². The van der Waals surface area contributed by atoms with Gasteiger partial charge in [0.2, 0.25) is 0 Å². The third-order valence-electron chi connectivity index (χ3n) is 2.23. The van der Waals surface area contributed by atoms with Gasteiger partial charge in [-0.25, -0.2) is 5.43 Å². The van der Waals surface area contributed by atoms with Gasteiger partial charge in [-0.3, -0.25) is 5.84 Å². The fourth-order valence-corrected chi connectivity index (χ4v) is 1.57. The van der Waals surface area contributed by atoms with Crippen LogP contribution in [0.3, 0.4) is 0 Å². The number of allylic oxidation sites excluding steroid dienone is 1. The summed E-state index contributed by atoms with van der Waals surface area (Å²) < 4.78 is 0. The van der Waals surface area contributed by atoms with Crippen LogP contribution in [0.15, 0.2) is 29.8 Å². The molecule has 0 spiro atoms. The van der Waals surface area contributed by atoms with Crippen LogP contribution in [-0.2, 0) is 0 Å². The SMILES string of the molecule is CC(C)=CC(NN)c1ccc(C)c(Cl)c1. The summed E-state index contributed by atoms with van der Waals surface area (Å²) in [6.07, 6.45) is 2.07. The second-order valence-corrected chi connectivity index (χ2v) is 4.30. The van der Waals surface area contributed by atoms with Crippen molar-refractivity contribution in [1.82, 2.24) is 5.43 Å². The molecule has 0 heterocycles. The predicted molar refractivity (Wildman–Crippen MR) is 65.7 cm³/mol. The number of nitrogens with two attached hydrogens (primary N) is 1. The van der Waals surface area contributed by atoms with Gasteiger partial charge in [-0.1, -0.05) is 35.4 Å². The molecule has 0 aliphatic carbocycles. The normalized spacial score (nSPS) is 12.3. The highest BCUT2D eigenvalue weighted by Gasteiger charge is 2.07. The van der Waals surface area contributed by atoms with Gasteiger partial charge in [-0.05, 0) is 38.0 Å². The van der Waals surface area contributed by atoms with Gasteiger partial charge < -0.3 is 0 Å². The first-order valence-electron chi connectivity index (χ1n) is 4.92. The fraction of sp³-hybridized carbons (Fsp3) is 0.333. The largest absolute Gasteiger partial charge is 0.271 e. The molecule has 15 heavy (non-hydrogen) atoms. The van der Waals surface area contributed by atoms with E-state index in [1.165, 1.54) is 5.57 Å². The summed E-state index contributed by atoms with van der Waals surface area (Å²) >= 11 is 6.06. The van der Waals surface area contributed by atoms with Gasteiger partial charge in [0.05, 0.1) is 6.04 Å². The van der Waals surface area contributed by atoms with Crippen LogP contribution in [0, 0.1) is 6.92 Å². The first kappa shape index (κ1) is 12.2. The van der Waals surface area contributed by atoms with Gasteiger partial charge >= 0.3 is 0 Å². The molecular formula is C12H17ClN2. The van der Waals surface area contributed by atoms with Crippen LogP contribution in [0.4, 0.5) is 0 Å². The molecule has 1 aromatic rings. The Morgan fingerprint density at radius 3 is 2.60 bits per heavy atom. The van der Waals surface area contributed by atoms with Gasteiger partial charge in [0.1, 0.15) is 0 Å². The van der Waals surface area contributed by atoms with E-state index < -0.39 is 0 Å². The molecule has 0 bridgehead atoms. The maximum Gasteiger partial charge on any atom is 0.0643 e. The zero-order chi connectivity index (χ0) is 11.4. The van der Waals surface area contributed by atoms with Crippen LogP contribution in [-0.4, -0.2) is 0 Å². The molecule has 1 rings (SSSR count). The summed E-state index contributed by atoms with van der Waals surface area (Å²) in [5, 5.41) is 0.773. The Labute approximate surface area is 96.1 Å². The Balaban J connectivity index is 3.03. The Morgan fingerprint density at radius 2 is 2.13 bits per heavy atom. The summed E-state index contributed by atoms with van der Waals surface area (Å²) in [4.78, 5) is 0. The van der Waals surface area contributed by atoms with Crippen LogP contribution >= 0.6 is 11.6 Å². The van der Waals surface area contributed by atoms with Gasteiger partial charge in [-0.2, -0.15) is 0 Å². The number of hydrogen-bond donors (Lipinski definition) is 2. The van der Waals surface area contributed by atoms with E-state index in [1.807, 2.05) is 39.0 Å². The number of hydrogen-bond acceptors (Lipinski definition) is 2. The number of aryl methyl sites for hydroxylation is 1. The molecule has 0 saturated carbocycles. The summed E-state index contributed by atoms with van der Waals surface area (Å²) in [6.45, 7) is 6.07. The zero-order valence-corrected chi connectivity index (χ0v) is 10.1. The number of halogens is 1. The molecule has 3 heteroatoms. The quantitative estimate of drug-likeness (QED) is 0.470. The van der Waals surface area contributed by atoms with Crippen molar-refractivity contribution < 1.29 is 0 Å². The van der Waals surface area contributed by atoms with E-state index in [4.69, 9.17) is 17.4 Å². The molecular weight excluding hydrogens is 208 g/mol. The van der Waals surface area contributed by atoms with Crippen molar-refractivity contribution >= 4 is 11.6 Å². The molecule has 1 unspecified atom stereocenters. The number of rotatable bonds is 3. The van der Waals surface area contributed by atoms with Crippen LogP contribution in [0.25, 0.3) is 0 Å². The van der Waals surface area contributed by atoms with Gasteiger partial charge in [0.25, 0.3) is 0 Å². The third-order valence-corrected chi connectivity index (χ3v) is 2.64. The van der Waals surface area contributed by atoms with E-state index in [9.17, 15) is 0 Å². The maximum absolute atomic E-state index is 6.06. The number of hydrazine groups is 1. The molecule has 82 valence electrons. The van der Waals surface area contributed by atoms with Crippen molar-refractivity contribution in [2.24, 2.45) is 5.84 Å². The predicted octanol–water partition coefficient (Wildman–Crippen LogP) is 3.12. The second kappa shape index (κ2) is 5.31.